The number of hydrogen-bond acceptors (Lipinski definition) is 5. The molecule has 0 bridgehead atoms. The van der Waals surface area contributed by atoms with Gasteiger partial charge in [0.25, 0.3) is 5.56 Å². The van der Waals surface area contributed by atoms with Gasteiger partial charge >= 0.3 is 0 Å². The molecule has 1 amide bonds. The topological polar surface area (TPSA) is 86.4 Å². The summed E-state index contributed by atoms with van der Waals surface area (Å²) in [6.07, 6.45) is 1.54. The van der Waals surface area contributed by atoms with Crippen molar-refractivity contribution in [3.63, 3.8) is 0 Å². The Morgan fingerprint density at radius 3 is 2.78 bits per heavy atom. The molecule has 3 rings (SSSR count). The number of para-hydroxylation sites is 1. The Morgan fingerprint density at radius 1 is 1.22 bits per heavy atom. The van der Waals surface area contributed by atoms with Crippen molar-refractivity contribution in [1.82, 2.24) is 15.1 Å². The molecule has 0 unspecified atom stereocenters. The zero-order valence-corrected chi connectivity index (χ0v) is 15.2. The molecule has 140 valence electrons. The lowest BCUT2D eigenvalue weighted by Gasteiger charge is -2.14. The number of rotatable bonds is 7. The van der Waals surface area contributed by atoms with E-state index in [0.717, 1.165) is 11.3 Å². The van der Waals surface area contributed by atoms with Crippen molar-refractivity contribution in [2.75, 3.05) is 7.11 Å². The molecule has 0 spiro atoms. The van der Waals surface area contributed by atoms with E-state index in [-0.39, 0.29) is 18.0 Å². The largest absolute Gasteiger partial charge is 0.496 e. The fraction of sp³-hybridized carbons (Fsp3) is 0.250. The molecule has 7 heteroatoms. The van der Waals surface area contributed by atoms with Crippen molar-refractivity contribution >= 4 is 5.91 Å². The second kappa shape index (κ2) is 8.35. The molecular weight excluding hydrogens is 346 g/mol. The Labute approximate surface area is 156 Å². The molecule has 1 atom stereocenters. The van der Waals surface area contributed by atoms with Gasteiger partial charge in [-0.2, -0.15) is 5.10 Å². The number of ether oxygens (including phenoxy) is 1. The van der Waals surface area contributed by atoms with Crippen LogP contribution in [0.5, 0.6) is 5.75 Å². The molecule has 1 aromatic carbocycles. The van der Waals surface area contributed by atoms with Crippen LogP contribution in [0.15, 0.2) is 64.0 Å². The van der Waals surface area contributed by atoms with Gasteiger partial charge in [0.1, 0.15) is 11.4 Å². The molecular formula is C20H21N3O4. The van der Waals surface area contributed by atoms with Crippen molar-refractivity contribution in [2.24, 2.45) is 5.92 Å². The number of methoxy groups -OCH3 is 1. The Hall–Kier alpha value is -3.35. The monoisotopic (exact) mass is 367 g/mol. The molecule has 3 aromatic rings. The summed E-state index contributed by atoms with van der Waals surface area (Å²) in [5.41, 5.74) is 1.16. The molecule has 2 heterocycles. The van der Waals surface area contributed by atoms with Crippen LogP contribution >= 0.6 is 0 Å². The number of furan rings is 1. The summed E-state index contributed by atoms with van der Waals surface area (Å²) < 4.78 is 11.9. The van der Waals surface area contributed by atoms with E-state index in [1.54, 1.807) is 38.5 Å². The van der Waals surface area contributed by atoms with Crippen molar-refractivity contribution in [1.29, 1.82) is 0 Å². The molecule has 0 aliphatic rings. The van der Waals surface area contributed by atoms with Gasteiger partial charge in [0.15, 0.2) is 5.76 Å². The van der Waals surface area contributed by atoms with Crippen molar-refractivity contribution in [3.05, 3.63) is 70.7 Å². The third-order valence-electron chi connectivity index (χ3n) is 4.18. The average Bonchev–Trinajstić information content (AvgIpc) is 3.22. The maximum atomic E-state index is 12.4. The highest BCUT2D eigenvalue weighted by Gasteiger charge is 2.16. The van der Waals surface area contributed by atoms with E-state index in [2.05, 4.69) is 10.4 Å². The number of benzene rings is 1. The first-order valence-corrected chi connectivity index (χ1v) is 8.60. The van der Waals surface area contributed by atoms with Crippen LogP contribution in [-0.2, 0) is 17.9 Å². The number of aromatic nitrogens is 2. The van der Waals surface area contributed by atoms with Crippen molar-refractivity contribution in [3.8, 4) is 17.2 Å². The van der Waals surface area contributed by atoms with E-state index < -0.39 is 5.92 Å². The minimum Gasteiger partial charge on any atom is -0.496 e. The van der Waals surface area contributed by atoms with Gasteiger partial charge < -0.3 is 14.5 Å². The highest BCUT2D eigenvalue weighted by Crippen LogP contribution is 2.17. The predicted molar refractivity (Wildman–Crippen MR) is 100 cm³/mol. The maximum absolute atomic E-state index is 12.4. The van der Waals surface area contributed by atoms with Crippen LogP contribution in [0.2, 0.25) is 0 Å². The third-order valence-corrected chi connectivity index (χ3v) is 4.18. The van der Waals surface area contributed by atoms with Crippen LogP contribution in [0.4, 0.5) is 0 Å². The minimum absolute atomic E-state index is 0.169. The highest BCUT2D eigenvalue weighted by atomic mass is 16.5. The molecule has 0 aliphatic carbocycles. The molecule has 7 nitrogen and oxygen atoms in total. The molecule has 0 saturated carbocycles. The van der Waals surface area contributed by atoms with Crippen LogP contribution in [0.25, 0.3) is 11.5 Å². The zero-order valence-electron chi connectivity index (χ0n) is 15.2. The average molecular weight is 367 g/mol. The quantitative estimate of drug-likeness (QED) is 0.693. The van der Waals surface area contributed by atoms with Gasteiger partial charge in [-0.05, 0) is 24.3 Å². The predicted octanol–water partition coefficient (Wildman–Crippen LogP) is 2.46. The Bertz CT molecular complexity index is 963. The Balaban J connectivity index is 1.66. The van der Waals surface area contributed by atoms with Crippen LogP contribution in [0, 0.1) is 5.92 Å². The number of amides is 1. The summed E-state index contributed by atoms with van der Waals surface area (Å²) in [6, 6.07) is 14.0. The smallest absolute Gasteiger partial charge is 0.266 e. The molecule has 0 saturated heterocycles. The summed E-state index contributed by atoms with van der Waals surface area (Å²) in [5, 5.41) is 7.17. The van der Waals surface area contributed by atoms with E-state index in [1.165, 1.54) is 10.7 Å². The molecule has 0 fully saturated rings. The lowest BCUT2D eigenvalue weighted by atomic mass is 10.1. The van der Waals surface area contributed by atoms with Gasteiger partial charge in [0.05, 0.1) is 25.8 Å². The van der Waals surface area contributed by atoms with Gasteiger partial charge in [-0.1, -0.05) is 25.1 Å². The van der Waals surface area contributed by atoms with Crippen molar-refractivity contribution < 1.29 is 13.9 Å². The van der Waals surface area contributed by atoms with Gasteiger partial charge in [-0.25, -0.2) is 4.68 Å². The van der Waals surface area contributed by atoms with Crippen LogP contribution in [0.1, 0.15) is 12.5 Å². The lowest BCUT2D eigenvalue weighted by molar-refractivity contribution is -0.125. The number of nitrogens with zero attached hydrogens (tertiary/aromatic N) is 2. The standard InChI is InChI=1S/C20H21N3O4/c1-14(20(25)21-12-15-6-3-4-7-17(15)26-2)13-23-19(24)10-9-16(22-23)18-8-5-11-27-18/h3-11,14H,12-13H2,1-2H3,(H,21,25)/t14-/m1/s1. The highest BCUT2D eigenvalue weighted by molar-refractivity contribution is 5.78. The minimum atomic E-state index is -0.434. The van der Waals surface area contributed by atoms with Crippen LogP contribution in [-0.4, -0.2) is 22.8 Å². The SMILES string of the molecule is COc1ccccc1CNC(=O)[C@H](C)Cn1nc(-c2ccco2)ccc1=O. The van der Waals surface area contributed by atoms with E-state index in [0.29, 0.717) is 18.0 Å². The first-order valence-electron chi connectivity index (χ1n) is 8.60. The third kappa shape index (κ3) is 4.44. The lowest BCUT2D eigenvalue weighted by Crippen LogP contribution is -2.34. The molecule has 2 aromatic heterocycles. The number of nitrogens with one attached hydrogen (secondary N) is 1. The summed E-state index contributed by atoms with van der Waals surface area (Å²) in [7, 11) is 1.59. The molecule has 1 N–H and O–H groups in total. The van der Waals surface area contributed by atoms with Gasteiger partial charge in [0.2, 0.25) is 5.91 Å². The second-order valence-electron chi connectivity index (χ2n) is 6.15. The normalized spacial score (nSPS) is 11.8. The van der Waals surface area contributed by atoms with Crippen LogP contribution < -0.4 is 15.6 Å². The summed E-state index contributed by atoms with van der Waals surface area (Å²) in [5.74, 6) is 0.682. The Morgan fingerprint density at radius 2 is 2.04 bits per heavy atom. The van der Waals surface area contributed by atoms with Gasteiger partial charge in [-0.15, -0.1) is 0 Å². The van der Waals surface area contributed by atoms with E-state index in [4.69, 9.17) is 9.15 Å². The van der Waals surface area contributed by atoms with E-state index >= 15 is 0 Å². The van der Waals surface area contributed by atoms with E-state index in [1.807, 2.05) is 24.3 Å². The Kier molecular flexibility index (Phi) is 5.71. The maximum Gasteiger partial charge on any atom is 0.266 e. The number of carbonyl (C=O) groups excluding carboxylic acids is 1. The fourth-order valence-corrected chi connectivity index (χ4v) is 2.68. The number of carbonyl (C=O) groups is 1. The van der Waals surface area contributed by atoms with Crippen LogP contribution in [0.3, 0.4) is 0 Å². The molecule has 0 radical (unpaired) electrons. The molecule has 0 aliphatic heterocycles. The summed E-state index contributed by atoms with van der Waals surface area (Å²) in [6.45, 7) is 2.28. The number of hydrogen-bond donors (Lipinski definition) is 1. The zero-order chi connectivity index (χ0) is 19.2. The molecule has 27 heavy (non-hydrogen) atoms. The second-order valence-corrected chi connectivity index (χ2v) is 6.15. The first-order chi connectivity index (χ1) is 13.1. The van der Waals surface area contributed by atoms with Crippen molar-refractivity contribution in [2.45, 2.75) is 20.0 Å². The summed E-state index contributed by atoms with van der Waals surface area (Å²) >= 11 is 0. The first kappa shape index (κ1) is 18.4. The van der Waals surface area contributed by atoms with Gasteiger partial charge in [-0.3, -0.25) is 9.59 Å². The van der Waals surface area contributed by atoms with E-state index in [9.17, 15) is 9.59 Å². The fourth-order valence-electron chi connectivity index (χ4n) is 2.68. The van der Waals surface area contributed by atoms with Gasteiger partial charge in [0, 0.05) is 18.2 Å². The summed E-state index contributed by atoms with van der Waals surface area (Å²) in [4.78, 5) is 24.5.